The summed E-state index contributed by atoms with van der Waals surface area (Å²) in [5.74, 6) is 0. The lowest BCUT2D eigenvalue weighted by molar-refractivity contribution is 0.135. The fourth-order valence-electron chi connectivity index (χ4n) is 3.72. The van der Waals surface area contributed by atoms with Crippen LogP contribution in [0, 0.1) is 0 Å². The molecule has 0 radical (unpaired) electrons. The van der Waals surface area contributed by atoms with Crippen molar-refractivity contribution in [1.82, 2.24) is 0 Å². The zero-order valence-corrected chi connectivity index (χ0v) is 14.7. The lowest BCUT2D eigenvalue weighted by atomic mass is 9.78. The summed E-state index contributed by atoms with van der Waals surface area (Å²) in [6.45, 7) is 4.29. The van der Waals surface area contributed by atoms with Gasteiger partial charge in [-0.25, -0.2) is 0 Å². The zero-order valence-electron chi connectivity index (χ0n) is 14.7. The van der Waals surface area contributed by atoms with E-state index in [1.165, 1.54) is 11.1 Å². The van der Waals surface area contributed by atoms with E-state index in [1.54, 1.807) is 0 Å². The first kappa shape index (κ1) is 16.6. The molecule has 1 aliphatic carbocycles. The lowest BCUT2D eigenvalue weighted by Gasteiger charge is -2.30. The van der Waals surface area contributed by atoms with E-state index >= 15 is 0 Å². The van der Waals surface area contributed by atoms with Crippen LogP contribution in [0.4, 0.5) is 0 Å². The molecule has 1 N–H and O–H groups in total. The van der Waals surface area contributed by atoms with E-state index in [0.29, 0.717) is 0 Å². The van der Waals surface area contributed by atoms with E-state index < -0.39 is 5.60 Å². The molecule has 0 saturated heterocycles. The van der Waals surface area contributed by atoms with Gasteiger partial charge < -0.3 is 5.11 Å². The van der Waals surface area contributed by atoms with E-state index in [9.17, 15) is 5.11 Å². The van der Waals surface area contributed by atoms with Gasteiger partial charge in [0, 0.05) is 0 Å². The van der Waals surface area contributed by atoms with Gasteiger partial charge in [0.25, 0.3) is 0 Å². The quantitative estimate of drug-likeness (QED) is 0.668. The zero-order chi connectivity index (χ0) is 18.0. The minimum atomic E-state index is -1.20. The lowest BCUT2D eigenvalue weighted by Crippen LogP contribution is -2.25. The highest BCUT2D eigenvalue weighted by Crippen LogP contribution is 2.40. The molecule has 0 unspecified atom stereocenters. The van der Waals surface area contributed by atoms with Gasteiger partial charge in [0.05, 0.1) is 0 Å². The first-order valence-electron chi connectivity index (χ1n) is 9.01. The summed E-state index contributed by atoms with van der Waals surface area (Å²) in [6, 6.07) is 28.1. The second-order valence-electron chi connectivity index (χ2n) is 6.82. The van der Waals surface area contributed by atoms with Gasteiger partial charge in [0.15, 0.2) is 0 Å². The number of hydrogen-bond donors (Lipinski definition) is 1. The summed E-state index contributed by atoms with van der Waals surface area (Å²) in [4.78, 5) is 0. The van der Waals surface area contributed by atoms with E-state index in [0.717, 1.165) is 35.1 Å². The van der Waals surface area contributed by atoms with Crippen molar-refractivity contribution in [3.05, 3.63) is 125 Å². The smallest absolute Gasteiger partial charge is 0.134 e. The molecule has 26 heavy (non-hydrogen) atoms. The summed E-state index contributed by atoms with van der Waals surface area (Å²) >= 11 is 0. The molecule has 0 atom stereocenters. The highest BCUT2D eigenvalue weighted by Gasteiger charge is 2.31. The Balaban J connectivity index is 1.94. The Morgan fingerprint density at radius 1 is 0.731 bits per heavy atom. The van der Waals surface area contributed by atoms with Crippen LogP contribution in [0.15, 0.2) is 103 Å². The number of rotatable bonds is 3. The predicted molar refractivity (Wildman–Crippen MR) is 108 cm³/mol. The first-order chi connectivity index (χ1) is 12.7. The second-order valence-corrected chi connectivity index (χ2v) is 6.82. The number of fused-ring (bicyclic) bond motifs is 1. The highest BCUT2D eigenvalue weighted by molar-refractivity contribution is 5.83. The second kappa shape index (κ2) is 6.78. The molecule has 0 spiro atoms. The Hall–Kier alpha value is -2.90. The normalized spacial score (nSPS) is 15.7. The molecule has 128 valence electrons. The van der Waals surface area contributed by atoms with Crippen molar-refractivity contribution in [2.24, 2.45) is 0 Å². The monoisotopic (exact) mass is 338 g/mol. The van der Waals surface area contributed by atoms with Gasteiger partial charge in [-0.15, -0.1) is 0 Å². The van der Waals surface area contributed by atoms with Crippen LogP contribution in [0.1, 0.15) is 28.7 Å². The Labute approximate surface area is 155 Å². The van der Waals surface area contributed by atoms with Crippen molar-refractivity contribution in [1.29, 1.82) is 0 Å². The molecule has 0 aliphatic heterocycles. The molecular formula is C25H22O. The molecule has 1 aliphatic rings. The molecular weight excluding hydrogens is 316 g/mol. The maximum atomic E-state index is 11.8. The predicted octanol–water partition coefficient (Wildman–Crippen LogP) is 5.51. The number of benzene rings is 3. The van der Waals surface area contributed by atoms with Crippen LogP contribution < -0.4 is 0 Å². The van der Waals surface area contributed by atoms with Crippen molar-refractivity contribution in [3.63, 3.8) is 0 Å². The minimum Gasteiger partial charge on any atom is -0.377 e. The van der Waals surface area contributed by atoms with Gasteiger partial charge in [-0.05, 0) is 52.3 Å². The standard InChI is InChI=1S/C25H22O/c1-19-16-17-20-10-8-9-15-23(20)24(19)18-25(26,21-11-4-2-5-12-21)22-13-6-3-7-14-22/h2-15,18,26H,1,16-17H2/b24-18+. The largest absolute Gasteiger partial charge is 0.377 e. The van der Waals surface area contributed by atoms with E-state index in [4.69, 9.17) is 0 Å². The highest BCUT2D eigenvalue weighted by atomic mass is 16.3. The van der Waals surface area contributed by atoms with Gasteiger partial charge in [0.1, 0.15) is 5.60 Å². The third-order valence-corrected chi connectivity index (χ3v) is 5.17. The summed E-state index contributed by atoms with van der Waals surface area (Å²) < 4.78 is 0. The van der Waals surface area contributed by atoms with Crippen molar-refractivity contribution in [3.8, 4) is 0 Å². The number of allylic oxidation sites excluding steroid dienone is 2. The molecule has 3 aromatic carbocycles. The van der Waals surface area contributed by atoms with Crippen molar-refractivity contribution >= 4 is 5.57 Å². The van der Waals surface area contributed by atoms with Gasteiger partial charge in [-0.2, -0.15) is 0 Å². The number of hydrogen-bond acceptors (Lipinski definition) is 1. The molecule has 0 saturated carbocycles. The molecule has 0 bridgehead atoms. The maximum Gasteiger partial charge on any atom is 0.134 e. The molecule has 0 heterocycles. The van der Waals surface area contributed by atoms with E-state index in [2.05, 4.69) is 30.8 Å². The summed E-state index contributed by atoms with van der Waals surface area (Å²) in [5.41, 5.74) is 5.12. The van der Waals surface area contributed by atoms with Crippen LogP contribution in [0.2, 0.25) is 0 Å². The summed E-state index contributed by atoms with van der Waals surface area (Å²) in [5, 5.41) is 11.8. The number of aliphatic hydroxyl groups is 1. The molecule has 4 rings (SSSR count). The molecule has 1 heteroatoms. The Morgan fingerprint density at radius 2 is 1.27 bits per heavy atom. The van der Waals surface area contributed by atoms with Crippen molar-refractivity contribution in [2.75, 3.05) is 0 Å². The van der Waals surface area contributed by atoms with Crippen LogP contribution in [0.5, 0.6) is 0 Å². The summed E-state index contributed by atoms with van der Waals surface area (Å²) in [7, 11) is 0. The van der Waals surface area contributed by atoms with Crippen molar-refractivity contribution in [2.45, 2.75) is 18.4 Å². The molecule has 1 nitrogen and oxygen atoms in total. The Bertz CT molecular complexity index is 912. The fraction of sp³-hybridized carbons (Fsp3) is 0.120. The SMILES string of the molecule is C=C1CCc2ccccc2/C1=C/C(O)(c1ccccc1)c1ccccc1. The third kappa shape index (κ3) is 2.91. The van der Waals surface area contributed by atoms with Gasteiger partial charge in [-0.1, -0.05) is 91.5 Å². The molecule has 0 amide bonds. The third-order valence-electron chi connectivity index (χ3n) is 5.17. The average molecular weight is 338 g/mol. The van der Waals surface area contributed by atoms with Crippen LogP contribution in [0.25, 0.3) is 5.57 Å². The molecule has 0 fully saturated rings. The van der Waals surface area contributed by atoms with E-state index in [1.807, 2.05) is 66.7 Å². The Morgan fingerprint density at radius 3 is 1.88 bits per heavy atom. The van der Waals surface area contributed by atoms with Gasteiger partial charge in [-0.3, -0.25) is 0 Å². The van der Waals surface area contributed by atoms with Gasteiger partial charge >= 0.3 is 0 Å². The topological polar surface area (TPSA) is 20.2 Å². The van der Waals surface area contributed by atoms with Gasteiger partial charge in [0.2, 0.25) is 0 Å². The molecule has 3 aromatic rings. The fourth-order valence-corrected chi connectivity index (χ4v) is 3.72. The Kier molecular flexibility index (Phi) is 4.32. The van der Waals surface area contributed by atoms with E-state index in [-0.39, 0.29) is 0 Å². The van der Waals surface area contributed by atoms with Crippen LogP contribution in [0.3, 0.4) is 0 Å². The molecule has 0 aromatic heterocycles. The average Bonchev–Trinajstić information content (AvgIpc) is 2.71. The van der Waals surface area contributed by atoms with Crippen LogP contribution >= 0.6 is 0 Å². The van der Waals surface area contributed by atoms with Crippen LogP contribution in [-0.2, 0) is 12.0 Å². The maximum absolute atomic E-state index is 11.8. The number of aryl methyl sites for hydroxylation is 1. The summed E-state index contributed by atoms with van der Waals surface area (Å²) in [6.07, 6.45) is 3.90. The van der Waals surface area contributed by atoms with Crippen LogP contribution in [-0.4, -0.2) is 5.11 Å². The minimum absolute atomic E-state index is 0.856. The first-order valence-corrected chi connectivity index (χ1v) is 9.01. The van der Waals surface area contributed by atoms with Crippen molar-refractivity contribution < 1.29 is 5.11 Å².